The number of amides is 2. The number of carbonyl (C=O) groups excluding carboxylic acids is 2. The Morgan fingerprint density at radius 3 is 2.54 bits per heavy atom. The van der Waals surface area contributed by atoms with Gasteiger partial charge in [0.15, 0.2) is 9.84 Å². The van der Waals surface area contributed by atoms with E-state index >= 15 is 0 Å². The van der Waals surface area contributed by atoms with Gasteiger partial charge in [-0.15, -0.1) is 11.3 Å². The molecule has 0 radical (unpaired) electrons. The first-order valence-electron chi connectivity index (χ1n) is 12.5. The molecule has 1 atom stereocenters. The molecule has 3 heterocycles. The van der Waals surface area contributed by atoms with Gasteiger partial charge in [0.05, 0.1) is 39.4 Å². The van der Waals surface area contributed by atoms with Crippen LogP contribution in [0.1, 0.15) is 90.0 Å². The van der Waals surface area contributed by atoms with E-state index in [-0.39, 0.29) is 41.0 Å². The number of fused-ring (bicyclic) bond motifs is 1. The lowest BCUT2D eigenvalue weighted by atomic mass is 9.82. The third-order valence-corrected chi connectivity index (χ3v) is 10.2. The summed E-state index contributed by atoms with van der Waals surface area (Å²) in [6.07, 6.45) is 6.15. The van der Waals surface area contributed by atoms with Crippen LogP contribution in [0.15, 0.2) is 29.3 Å². The highest BCUT2D eigenvalue weighted by atomic mass is 32.2. The first-order valence-corrected chi connectivity index (χ1v) is 15.0. The average Bonchev–Trinajstić information content (AvgIpc) is 3.37. The third-order valence-electron chi connectivity index (χ3n) is 7.27. The minimum Gasteiger partial charge on any atom is -0.346 e. The zero-order valence-corrected chi connectivity index (χ0v) is 22.5. The summed E-state index contributed by atoms with van der Waals surface area (Å²) >= 11 is 1.41. The molecular formula is C26H35N3O4S2. The Morgan fingerprint density at radius 2 is 1.94 bits per heavy atom. The summed E-state index contributed by atoms with van der Waals surface area (Å²) in [6, 6.07) is 4.87. The number of aromatic nitrogens is 1. The van der Waals surface area contributed by atoms with Gasteiger partial charge in [-0.2, -0.15) is 0 Å². The molecule has 7 nitrogen and oxygen atoms in total. The lowest BCUT2D eigenvalue weighted by molar-refractivity contribution is 0.0616. The van der Waals surface area contributed by atoms with E-state index in [0.29, 0.717) is 22.1 Å². The van der Waals surface area contributed by atoms with Crippen LogP contribution in [0.2, 0.25) is 0 Å². The van der Waals surface area contributed by atoms with E-state index in [1.807, 2.05) is 4.90 Å². The number of carbonyl (C=O) groups is 2. The topological polar surface area (TPSA) is 96.4 Å². The molecule has 35 heavy (non-hydrogen) atoms. The predicted molar refractivity (Wildman–Crippen MR) is 137 cm³/mol. The van der Waals surface area contributed by atoms with Crippen LogP contribution >= 0.6 is 11.3 Å². The minimum absolute atomic E-state index is 0.0122. The molecule has 2 aromatic heterocycles. The molecule has 2 amide bonds. The molecule has 9 heteroatoms. The largest absolute Gasteiger partial charge is 0.346 e. The van der Waals surface area contributed by atoms with Gasteiger partial charge in [0.2, 0.25) is 0 Å². The number of thiophene rings is 1. The van der Waals surface area contributed by atoms with Crippen molar-refractivity contribution in [2.75, 3.05) is 12.3 Å². The van der Waals surface area contributed by atoms with E-state index < -0.39 is 9.84 Å². The smallest absolute Gasteiger partial charge is 0.261 e. The van der Waals surface area contributed by atoms with Crippen LogP contribution in [0.25, 0.3) is 0 Å². The van der Waals surface area contributed by atoms with Crippen LogP contribution in [0.4, 0.5) is 0 Å². The van der Waals surface area contributed by atoms with Crippen molar-refractivity contribution >= 4 is 33.0 Å². The second kappa shape index (κ2) is 10.4. The second-order valence-corrected chi connectivity index (χ2v) is 13.6. The van der Waals surface area contributed by atoms with E-state index in [4.69, 9.17) is 0 Å². The fourth-order valence-electron chi connectivity index (χ4n) is 5.10. The van der Waals surface area contributed by atoms with Crippen molar-refractivity contribution in [1.82, 2.24) is 15.2 Å². The molecule has 0 unspecified atom stereocenters. The minimum atomic E-state index is -3.31. The lowest BCUT2D eigenvalue weighted by Crippen LogP contribution is -2.36. The normalized spacial score (nSPS) is 22.5. The van der Waals surface area contributed by atoms with Gasteiger partial charge in [0, 0.05) is 17.6 Å². The maximum Gasteiger partial charge on any atom is 0.261 e. The Balaban J connectivity index is 1.43. The Morgan fingerprint density at radius 1 is 1.23 bits per heavy atom. The van der Waals surface area contributed by atoms with E-state index in [0.717, 1.165) is 17.3 Å². The van der Waals surface area contributed by atoms with Gasteiger partial charge in [-0.1, -0.05) is 40.5 Å². The Bertz CT molecular complexity index is 1180. The number of nitrogens with zero attached hydrogens (tertiary/aromatic N) is 2. The summed E-state index contributed by atoms with van der Waals surface area (Å²) in [5.74, 6) is 1.41. The van der Waals surface area contributed by atoms with E-state index in [1.54, 1.807) is 19.1 Å². The van der Waals surface area contributed by atoms with Crippen LogP contribution in [-0.2, 0) is 16.4 Å². The quantitative estimate of drug-likeness (QED) is 0.540. The summed E-state index contributed by atoms with van der Waals surface area (Å²) in [4.78, 5) is 34.1. The summed E-state index contributed by atoms with van der Waals surface area (Å²) in [5.41, 5.74) is 1.23. The third kappa shape index (κ3) is 5.45. The van der Waals surface area contributed by atoms with Gasteiger partial charge in [0.1, 0.15) is 0 Å². The predicted octanol–water partition coefficient (Wildman–Crippen LogP) is 4.85. The fourth-order valence-corrected chi connectivity index (χ4v) is 7.28. The maximum absolute atomic E-state index is 13.3. The van der Waals surface area contributed by atoms with Gasteiger partial charge >= 0.3 is 0 Å². The average molecular weight is 518 g/mol. The SMILES string of the molecule is CCS(=O)(=O)c1ccc(CNC(=O)c2cc3c(s2)[C@@H](C(C)C)N(CC2CCC(C)CC2)C3=O)nc1. The highest BCUT2D eigenvalue weighted by Gasteiger charge is 2.42. The summed E-state index contributed by atoms with van der Waals surface area (Å²) in [6.45, 7) is 9.15. The van der Waals surface area contributed by atoms with Crippen molar-refractivity contribution in [3.8, 4) is 0 Å². The van der Waals surface area contributed by atoms with Crippen molar-refractivity contribution in [1.29, 1.82) is 0 Å². The summed E-state index contributed by atoms with van der Waals surface area (Å²) in [5, 5.41) is 2.85. The molecular weight excluding hydrogens is 482 g/mol. The number of nitrogens with one attached hydrogen (secondary N) is 1. The molecule has 190 valence electrons. The molecule has 0 bridgehead atoms. The molecule has 2 aromatic rings. The molecule has 4 rings (SSSR count). The van der Waals surface area contributed by atoms with Crippen LogP contribution in [0, 0.1) is 17.8 Å². The Labute approximate surface area is 212 Å². The van der Waals surface area contributed by atoms with Crippen LogP contribution in [0.5, 0.6) is 0 Å². The highest BCUT2D eigenvalue weighted by Crippen LogP contribution is 2.44. The number of pyridine rings is 1. The number of sulfone groups is 1. The zero-order chi connectivity index (χ0) is 25.3. The second-order valence-electron chi connectivity index (χ2n) is 10.2. The molecule has 1 fully saturated rings. The van der Waals surface area contributed by atoms with E-state index in [2.05, 4.69) is 31.1 Å². The van der Waals surface area contributed by atoms with Gasteiger partial charge in [-0.05, 0) is 48.8 Å². The first-order chi connectivity index (χ1) is 16.6. The molecule has 0 aromatic carbocycles. The summed E-state index contributed by atoms with van der Waals surface area (Å²) in [7, 11) is -3.31. The number of hydrogen-bond donors (Lipinski definition) is 1. The van der Waals surface area contributed by atoms with Crippen molar-refractivity contribution in [2.45, 2.75) is 70.9 Å². The van der Waals surface area contributed by atoms with Crippen LogP contribution in [-0.4, -0.2) is 42.4 Å². The molecule has 1 N–H and O–H groups in total. The summed E-state index contributed by atoms with van der Waals surface area (Å²) < 4.78 is 23.9. The highest BCUT2D eigenvalue weighted by molar-refractivity contribution is 7.91. The molecule has 2 aliphatic rings. The first kappa shape index (κ1) is 25.8. The molecule has 0 saturated heterocycles. The van der Waals surface area contributed by atoms with Crippen molar-refractivity contribution < 1.29 is 18.0 Å². The zero-order valence-electron chi connectivity index (χ0n) is 20.9. The Kier molecular flexibility index (Phi) is 7.66. The Hall–Kier alpha value is -2.26. The molecule has 1 saturated carbocycles. The standard InChI is InChI=1S/C26H35N3O4S2/c1-5-35(32,33)20-11-10-19(27-14-20)13-28-25(30)22-12-21-24(34-22)23(16(2)3)29(26(21)31)15-18-8-6-17(4)7-9-18/h10-12,14,16-18,23H,5-9,13,15H2,1-4H3,(H,28,30)/t17?,18?,23-/m1/s1. The van der Waals surface area contributed by atoms with Gasteiger partial charge in [-0.25, -0.2) is 8.42 Å². The molecule has 1 aliphatic heterocycles. The van der Waals surface area contributed by atoms with Crippen molar-refractivity contribution in [3.63, 3.8) is 0 Å². The van der Waals surface area contributed by atoms with Crippen molar-refractivity contribution in [2.24, 2.45) is 17.8 Å². The van der Waals surface area contributed by atoms with Crippen molar-refractivity contribution in [3.05, 3.63) is 45.4 Å². The van der Waals surface area contributed by atoms with E-state index in [9.17, 15) is 18.0 Å². The van der Waals surface area contributed by atoms with Gasteiger partial charge < -0.3 is 10.2 Å². The fraction of sp³-hybridized carbons (Fsp3) is 0.577. The molecule has 1 aliphatic carbocycles. The number of rotatable bonds is 8. The van der Waals surface area contributed by atoms with Gasteiger partial charge in [0.25, 0.3) is 11.8 Å². The van der Waals surface area contributed by atoms with Gasteiger partial charge in [-0.3, -0.25) is 14.6 Å². The van der Waals surface area contributed by atoms with Crippen LogP contribution < -0.4 is 5.32 Å². The lowest BCUT2D eigenvalue weighted by Gasteiger charge is -2.34. The number of hydrogen-bond acceptors (Lipinski definition) is 6. The molecule has 0 spiro atoms. The monoisotopic (exact) mass is 517 g/mol. The van der Waals surface area contributed by atoms with Crippen LogP contribution in [0.3, 0.4) is 0 Å². The van der Waals surface area contributed by atoms with E-state index in [1.165, 1.54) is 49.3 Å². The maximum atomic E-state index is 13.3.